The van der Waals surface area contributed by atoms with E-state index in [0.717, 1.165) is 11.9 Å². The van der Waals surface area contributed by atoms with Crippen LogP contribution in [0.4, 0.5) is 0 Å². The summed E-state index contributed by atoms with van der Waals surface area (Å²) in [6, 6.07) is 10.4. The van der Waals surface area contributed by atoms with Crippen molar-refractivity contribution in [3.63, 3.8) is 0 Å². The summed E-state index contributed by atoms with van der Waals surface area (Å²) in [5.74, 6) is -0.0809. The van der Waals surface area contributed by atoms with E-state index in [1.165, 1.54) is 5.56 Å². The van der Waals surface area contributed by atoms with Crippen molar-refractivity contribution < 1.29 is 4.79 Å². The lowest BCUT2D eigenvalue weighted by atomic mass is 9.91. The van der Waals surface area contributed by atoms with E-state index in [1.54, 1.807) is 0 Å². The monoisotopic (exact) mass is 227 g/mol. The zero-order chi connectivity index (χ0) is 12.3. The van der Waals surface area contributed by atoms with E-state index in [2.05, 4.69) is 23.1 Å². The second-order valence-electron chi connectivity index (χ2n) is 4.49. The van der Waals surface area contributed by atoms with Crippen molar-refractivity contribution in [3.05, 3.63) is 59.7 Å². The van der Waals surface area contributed by atoms with E-state index in [4.69, 9.17) is 0 Å². The van der Waals surface area contributed by atoms with E-state index in [0.29, 0.717) is 0 Å². The number of allylic oxidation sites excluding steroid dienone is 3. The first-order valence-corrected chi connectivity index (χ1v) is 5.79. The Bertz CT molecular complexity index is 445. The SMILES string of the molecule is CN(C)[C@@H](C1=CC=CC1C=O)c1ccccc1. The fourth-order valence-corrected chi connectivity index (χ4v) is 2.33. The maximum absolute atomic E-state index is 11.1. The van der Waals surface area contributed by atoms with Crippen molar-refractivity contribution in [1.29, 1.82) is 0 Å². The molecule has 0 heterocycles. The van der Waals surface area contributed by atoms with Gasteiger partial charge in [0, 0.05) is 0 Å². The molecule has 2 atom stereocenters. The van der Waals surface area contributed by atoms with E-state index in [9.17, 15) is 4.79 Å². The Hall–Kier alpha value is -1.67. The number of hydrogen-bond acceptors (Lipinski definition) is 2. The van der Waals surface area contributed by atoms with Crippen LogP contribution in [0.1, 0.15) is 11.6 Å². The van der Waals surface area contributed by atoms with Crippen molar-refractivity contribution in [1.82, 2.24) is 4.90 Å². The fourth-order valence-electron chi connectivity index (χ4n) is 2.33. The molecule has 0 aromatic heterocycles. The zero-order valence-corrected chi connectivity index (χ0v) is 10.2. The third kappa shape index (κ3) is 2.37. The molecule has 1 unspecified atom stereocenters. The van der Waals surface area contributed by atoms with Gasteiger partial charge in [-0.05, 0) is 25.2 Å². The van der Waals surface area contributed by atoms with Gasteiger partial charge >= 0.3 is 0 Å². The van der Waals surface area contributed by atoms with Crippen molar-refractivity contribution in [2.45, 2.75) is 6.04 Å². The smallest absolute Gasteiger partial charge is 0.130 e. The van der Waals surface area contributed by atoms with Gasteiger partial charge in [-0.2, -0.15) is 0 Å². The molecule has 2 nitrogen and oxygen atoms in total. The minimum Gasteiger partial charge on any atom is -0.302 e. The summed E-state index contributed by atoms with van der Waals surface area (Å²) in [6.45, 7) is 0. The molecular weight excluding hydrogens is 210 g/mol. The van der Waals surface area contributed by atoms with Crippen LogP contribution in [0.25, 0.3) is 0 Å². The van der Waals surface area contributed by atoms with Gasteiger partial charge < -0.3 is 4.79 Å². The molecule has 0 fully saturated rings. The van der Waals surface area contributed by atoms with Crippen molar-refractivity contribution in [2.75, 3.05) is 14.1 Å². The summed E-state index contributed by atoms with van der Waals surface area (Å²) in [5, 5.41) is 0. The van der Waals surface area contributed by atoms with Crippen LogP contribution in [0.3, 0.4) is 0 Å². The number of rotatable bonds is 4. The Morgan fingerprint density at radius 1 is 1.24 bits per heavy atom. The minimum atomic E-state index is -0.0809. The largest absolute Gasteiger partial charge is 0.302 e. The molecule has 17 heavy (non-hydrogen) atoms. The summed E-state index contributed by atoms with van der Waals surface area (Å²) in [4.78, 5) is 13.2. The highest BCUT2D eigenvalue weighted by Gasteiger charge is 2.25. The second kappa shape index (κ2) is 5.11. The third-order valence-electron chi connectivity index (χ3n) is 3.09. The van der Waals surface area contributed by atoms with Crippen LogP contribution in [0, 0.1) is 5.92 Å². The van der Waals surface area contributed by atoms with Crippen molar-refractivity contribution >= 4 is 6.29 Å². The van der Waals surface area contributed by atoms with Crippen LogP contribution in [-0.2, 0) is 4.79 Å². The molecule has 0 N–H and O–H groups in total. The first kappa shape index (κ1) is 11.8. The average Bonchev–Trinajstić information content (AvgIpc) is 2.78. The lowest BCUT2D eigenvalue weighted by Gasteiger charge is -2.28. The highest BCUT2D eigenvalue weighted by Crippen LogP contribution is 2.34. The van der Waals surface area contributed by atoms with Gasteiger partial charge in [0.1, 0.15) is 6.29 Å². The lowest BCUT2D eigenvalue weighted by molar-refractivity contribution is -0.109. The summed E-state index contributed by atoms with van der Waals surface area (Å²) in [5.41, 5.74) is 2.37. The van der Waals surface area contributed by atoms with E-state index >= 15 is 0 Å². The number of carbonyl (C=O) groups is 1. The standard InChI is InChI=1S/C15H17NO/c1-16(2)15(12-7-4-3-5-8-12)14-10-6-9-13(14)11-17/h3-11,13,15H,1-2H3/t13?,15-/m1/s1. The molecule has 1 aromatic rings. The molecular formula is C15H17NO. The maximum Gasteiger partial charge on any atom is 0.130 e. The number of carbonyl (C=O) groups excluding carboxylic acids is 1. The average molecular weight is 227 g/mol. The van der Waals surface area contributed by atoms with Gasteiger partial charge in [-0.3, -0.25) is 4.90 Å². The zero-order valence-electron chi connectivity index (χ0n) is 10.2. The first-order chi connectivity index (χ1) is 8.24. The summed E-state index contributed by atoms with van der Waals surface area (Å²) in [7, 11) is 4.08. The lowest BCUT2D eigenvalue weighted by Crippen LogP contribution is -2.24. The Morgan fingerprint density at radius 3 is 2.53 bits per heavy atom. The van der Waals surface area contributed by atoms with Crippen molar-refractivity contribution in [2.24, 2.45) is 5.92 Å². The number of benzene rings is 1. The highest BCUT2D eigenvalue weighted by molar-refractivity contribution is 5.65. The molecule has 2 heteroatoms. The van der Waals surface area contributed by atoms with E-state index in [-0.39, 0.29) is 12.0 Å². The van der Waals surface area contributed by atoms with Crippen LogP contribution >= 0.6 is 0 Å². The third-order valence-corrected chi connectivity index (χ3v) is 3.09. The van der Waals surface area contributed by atoms with Gasteiger partial charge in [0.25, 0.3) is 0 Å². The Balaban J connectivity index is 2.35. The predicted octanol–water partition coefficient (Wildman–Crippen LogP) is 2.60. The first-order valence-electron chi connectivity index (χ1n) is 5.79. The van der Waals surface area contributed by atoms with Crippen LogP contribution in [0.2, 0.25) is 0 Å². The molecule has 1 aliphatic rings. The van der Waals surface area contributed by atoms with E-state index < -0.39 is 0 Å². The normalized spacial score (nSPS) is 20.4. The highest BCUT2D eigenvalue weighted by atomic mass is 16.1. The minimum absolute atomic E-state index is 0.0809. The summed E-state index contributed by atoms with van der Waals surface area (Å²) in [6.07, 6.45) is 6.97. The fraction of sp³-hybridized carbons (Fsp3) is 0.267. The molecule has 0 bridgehead atoms. The van der Waals surface area contributed by atoms with Gasteiger partial charge in [0.15, 0.2) is 0 Å². The molecule has 0 saturated heterocycles. The molecule has 2 rings (SSSR count). The molecule has 1 aliphatic carbocycles. The van der Waals surface area contributed by atoms with Crippen LogP contribution < -0.4 is 0 Å². The molecule has 0 saturated carbocycles. The molecule has 0 amide bonds. The Kier molecular flexibility index (Phi) is 3.55. The Labute approximate surface area is 102 Å². The molecule has 0 aliphatic heterocycles. The Morgan fingerprint density at radius 2 is 1.94 bits per heavy atom. The van der Waals surface area contributed by atoms with Crippen LogP contribution in [0.15, 0.2) is 54.1 Å². The van der Waals surface area contributed by atoms with Gasteiger partial charge in [0.2, 0.25) is 0 Å². The molecule has 0 radical (unpaired) electrons. The number of likely N-dealkylation sites (N-methyl/N-ethyl adjacent to an activating group) is 1. The van der Waals surface area contributed by atoms with Crippen LogP contribution in [-0.4, -0.2) is 25.3 Å². The van der Waals surface area contributed by atoms with Gasteiger partial charge in [-0.15, -0.1) is 0 Å². The van der Waals surface area contributed by atoms with Gasteiger partial charge in [-0.1, -0.05) is 48.6 Å². The molecule has 1 aromatic carbocycles. The van der Waals surface area contributed by atoms with Crippen LogP contribution in [0.5, 0.6) is 0 Å². The predicted molar refractivity (Wildman–Crippen MR) is 69.6 cm³/mol. The number of nitrogens with zero attached hydrogens (tertiary/aromatic N) is 1. The molecule has 88 valence electrons. The topological polar surface area (TPSA) is 20.3 Å². The molecule has 0 spiro atoms. The number of hydrogen-bond donors (Lipinski definition) is 0. The van der Waals surface area contributed by atoms with E-state index in [1.807, 2.05) is 44.4 Å². The maximum atomic E-state index is 11.1. The summed E-state index contributed by atoms with van der Waals surface area (Å²) >= 11 is 0. The summed E-state index contributed by atoms with van der Waals surface area (Å²) < 4.78 is 0. The number of aldehydes is 1. The quantitative estimate of drug-likeness (QED) is 0.737. The second-order valence-corrected chi connectivity index (χ2v) is 4.49. The van der Waals surface area contributed by atoms with Crippen molar-refractivity contribution in [3.8, 4) is 0 Å². The van der Waals surface area contributed by atoms with Gasteiger partial charge in [-0.25, -0.2) is 0 Å². The van der Waals surface area contributed by atoms with Gasteiger partial charge in [0.05, 0.1) is 12.0 Å².